The topological polar surface area (TPSA) is 107 Å². The molecule has 0 bridgehead atoms. The lowest BCUT2D eigenvalue weighted by Crippen LogP contribution is -2.27. The van der Waals surface area contributed by atoms with E-state index < -0.39 is 28.8 Å². The third-order valence-corrected chi connectivity index (χ3v) is 4.07. The predicted octanol–water partition coefficient (Wildman–Crippen LogP) is 3.06. The van der Waals surface area contributed by atoms with Gasteiger partial charge in [-0.25, -0.2) is 4.79 Å². The molecule has 0 aliphatic carbocycles. The van der Waals surface area contributed by atoms with Crippen LogP contribution in [0.3, 0.4) is 0 Å². The number of aromatic carboxylic acids is 1. The fourth-order valence-electron chi connectivity index (χ4n) is 2.75. The molecule has 2 aromatic heterocycles. The zero-order valence-corrected chi connectivity index (χ0v) is 15.1. The first-order valence-corrected chi connectivity index (χ1v) is 8.12. The Balaban J connectivity index is 2.28. The molecule has 0 spiro atoms. The van der Waals surface area contributed by atoms with E-state index in [9.17, 15) is 27.9 Å². The Morgan fingerprint density at radius 2 is 2.00 bits per heavy atom. The first kappa shape index (κ1) is 20.3. The van der Waals surface area contributed by atoms with Crippen LogP contribution in [0.25, 0.3) is 17.1 Å². The van der Waals surface area contributed by atoms with Gasteiger partial charge in [0.1, 0.15) is 12.2 Å². The lowest BCUT2D eigenvalue weighted by Gasteiger charge is -2.15. The Morgan fingerprint density at radius 1 is 1.28 bits per heavy atom. The molecule has 1 N–H and O–H groups in total. The van der Waals surface area contributed by atoms with Crippen LogP contribution in [0.15, 0.2) is 39.5 Å². The molecule has 0 unspecified atom stereocenters. The highest BCUT2D eigenvalue weighted by atomic mass is 19.4. The maximum Gasteiger partial charge on any atom is 0.416 e. The molecule has 0 aliphatic heterocycles. The Labute approximate surface area is 161 Å². The number of methoxy groups -OCH3 is 1. The summed E-state index contributed by atoms with van der Waals surface area (Å²) in [7, 11) is 1.41. The van der Waals surface area contributed by atoms with Crippen molar-refractivity contribution in [2.75, 3.05) is 7.11 Å². The summed E-state index contributed by atoms with van der Waals surface area (Å²) in [6.45, 7) is 1.44. The van der Waals surface area contributed by atoms with E-state index >= 15 is 0 Å². The Morgan fingerprint density at radius 3 is 2.62 bits per heavy atom. The maximum absolute atomic E-state index is 13.1. The highest BCUT2D eigenvalue weighted by molar-refractivity contribution is 5.89. The third kappa shape index (κ3) is 3.90. The van der Waals surface area contributed by atoms with Crippen molar-refractivity contribution in [2.24, 2.45) is 0 Å². The molecule has 0 saturated carbocycles. The summed E-state index contributed by atoms with van der Waals surface area (Å²) >= 11 is 0. The van der Waals surface area contributed by atoms with Gasteiger partial charge in [0.15, 0.2) is 0 Å². The van der Waals surface area contributed by atoms with Gasteiger partial charge in [-0.2, -0.15) is 13.2 Å². The Kier molecular flexibility index (Phi) is 5.25. The SMILES string of the molecule is COCc1nnc(-c2cc(C(=O)O)c(=O)n(-c3cccc(C(F)(F)F)c3)c2C)o1. The summed E-state index contributed by atoms with van der Waals surface area (Å²) in [5.41, 5.74) is -2.56. The van der Waals surface area contributed by atoms with Crippen LogP contribution in [0.5, 0.6) is 0 Å². The second-order valence-corrected chi connectivity index (χ2v) is 5.98. The molecule has 0 amide bonds. The number of carboxylic acids is 1. The van der Waals surface area contributed by atoms with Crippen LogP contribution in [0.1, 0.15) is 27.5 Å². The molecule has 29 heavy (non-hydrogen) atoms. The van der Waals surface area contributed by atoms with E-state index in [1.807, 2.05) is 0 Å². The van der Waals surface area contributed by atoms with Crippen LogP contribution in [-0.4, -0.2) is 33.0 Å². The minimum Gasteiger partial charge on any atom is -0.477 e. The minimum atomic E-state index is -4.64. The average Bonchev–Trinajstić information content (AvgIpc) is 3.10. The molecule has 1 aromatic carbocycles. The number of rotatable bonds is 5. The van der Waals surface area contributed by atoms with E-state index in [1.54, 1.807) is 0 Å². The number of carbonyl (C=O) groups is 1. The quantitative estimate of drug-likeness (QED) is 0.690. The summed E-state index contributed by atoms with van der Waals surface area (Å²) < 4.78 is 50.4. The maximum atomic E-state index is 13.1. The largest absolute Gasteiger partial charge is 0.477 e. The van der Waals surface area contributed by atoms with Crippen molar-refractivity contribution in [3.05, 3.63) is 63.4 Å². The van der Waals surface area contributed by atoms with Crippen LogP contribution in [0, 0.1) is 6.92 Å². The molecule has 11 heteroatoms. The smallest absolute Gasteiger partial charge is 0.416 e. The third-order valence-electron chi connectivity index (χ3n) is 4.07. The second kappa shape index (κ2) is 7.51. The zero-order chi connectivity index (χ0) is 21.3. The molecule has 0 radical (unpaired) electrons. The standard InChI is InChI=1S/C18H14F3N3O5/c1-9-12(15-23-22-14(29-15)8-28-2)7-13(17(26)27)16(25)24(9)11-5-3-4-10(6-11)18(19,20)21/h3-7H,8H2,1-2H3,(H,26,27). The van der Waals surface area contributed by atoms with Gasteiger partial charge >= 0.3 is 12.1 Å². The number of hydrogen-bond donors (Lipinski definition) is 1. The van der Waals surface area contributed by atoms with Gasteiger partial charge in [0.2, 0.25) is 11.8 Å². The molecule has 0 atom stereocenters. The molecular weight excluding hydrogens is 395 g/mol. The van der Waals surface area contributed by atoms with E-state index in [-0.39, 0.29) is 35.3 Å². The molecule has 0 saturated heterocycles. The predicted molar refractivity (Wildman–Crippen MR) is 92.7 cm³/mol. The molecule has 3 rings (SSSR count). The van der Waals surface area contributed by atoms with Crippen molar-refractivity contribution in [1.29, 1.82) is 0 Å². The number of halogens is 3. The van der Waals surface area contributed by atoms with Crippen LogP contribution in [0.4, 0.5) is 13.2 Å². The first-order chi connectivity index (χ1) is 13.6. The van der Waals surface area contributed by atoms with Crippen LogP contribution in [0.2, 0.25) is 0 Å². The number of benzene rings is 1. The van der Waals surface area contributed by atoms with Crippen LogP contribution >= 0.6 is 0 Å². The summed E-state index contributed by atoms with van der Waals surface area (Å²) in [6.07, 6.45) is -4.64. The van der Waals surface area contributed by atoms with Crippen LogP contribution in [-0.2, 0) is 17.5 Å². The Hall–Kier alpha value is -3.47. The van der Waals surface area contributed by atoms with Crippen molar-refractivity contribution in [2.45, 2.75) is 19.7 Å². The van der Waals surface area contributed by atoms with Gasteiger partial charge in [-0.3, -0.25) is 9.36 Å². The number of hydrogen-bond acceptors (Lipinski definition) is 6. The van der Waals surface area contributed by atoms with E-state index in [0.717, 1.165) is 28.8 Å². The molecule has 3 aromatic rings. The number of nitrogens with zero attached hydrogens (tertiary/aromatic N) is 3. The normalized spacial score (nSPS) is 11.6. The van der Waals surface area contributed by atoms with Crippen molar-refractivity contribution in [3.8, 4) is 17.1 Å². The van der Waals surface area contributed by atoms with E-state index in [0.29, 0.717) is 0 Å². The molecular formula is C18H14F3N3O5. The summed E-state index contributed by atoms with van der Waals surface area (Å²) in [5, 5.41) is 16.9. The zero-order valence-electron chi connectivity index (χ0n) is 15.1. The lowest BCUT2D eigenvalue weighted by molar-refractivity contribution is -0.137. The molecule has 152 valence electrons. The lowest BCUT2D eigenvalue weighted by atomic mass is 10.1. The number of carboxylic acid groups (broad SMARTS) is 1. The highest BCUT2D eigenvalue weighted by Crippen LogP contribution is 2.31. The monoisotopic (exact) mass is 409 g/mol. The molecule has 8 nitrogen and oxygen atoms in total. The Bertz CT molecular complexity index is 1130. The number of alkyl halides is 3. The molecule has 0 aliphatic rings. The number of pyridine rings is 1. The average molecular weight is 409 g/mol. The van der Waals surface area contributed by atoms with Gasteiger partial charge < -0.3 is 14.3 Å². The van der Waals surface area contributed by atoms with E-state index in [1.165, 1.54) is 20.1 Å². The second-order valence-electron chi connectivity index (χ2n) is 5.98. The fraction of sp³-hybridized carbons (Fsp3) is 0.222. The van der Waals surface area contributed by atoms with Gasteiger partial charge in [0.25, 0.3) is 5.56 Å². The molecule has 2 heterocycles. The number of ether oxygens (including phenoxy) is 1. The highest BCUT2D eigenvalue weighted by Gasteiger charge is 2.31. The number of aromatic nitrogens is 3. The molecule has 0 fully saturated rings. The van der Waals surface area contributed by atoms with E-state index in [4.69, 9.17) is 9.15 Å². The van der Waals surface area contributed by atoms with Gasteiger partial charge in [0, 0.05) is 18.5 Å². The van der Waals surface area contributed by atoms with Crippen molar-refractivity contribution in [1.82, 2.24) is 14.8 Å². The van der Waals surface area contributed by atoms with Gasteiger partial charge in [0.05, 0.1) is 11.1 Å². The fourth-order valence-corrected chi connectivity index (χ4v) is 2.75. The van der Waals surface area contributed by atoms with Crippen LogP contribution < -0.4 is 5.56 Å². The summed E-state index contributed by atoms with van der Waals surface area (Å²) in [5.74, 6) is -1.54. The van der Waals surface area contributed by atoms with Gasteiger partial charge in [-0.05, 0) is 31.2 Å². The van der Waals surface area contributed by atoms with Gasteiger partial charge in [-0.15, -0.1) is 10.2 Å². The van der Waals surface area contributed by atoms with Crippen molar-refractivity contribution in [3.63, 3.8) is 0 Å². The minimum absolute atomic E-state index is 0.00506. The van der Waals surface area contributed by atoms with Gasteiger partial charge in [-0.1, -0.05) is 6.07 Å². The van der Waals surface area contributed by atoms with Crippen molar-refractivity contribution >= 4 is 5.97 Å². The van der Waals surface area contributed by atoms with E-state index in [2.05, 4.69) is 10.2 Å². The first-order valence-electron chi connectivity index (χ1n) is 8.12. The summed E-state index contributed by atoms with van der Waals surface area (Å²) in [6, 6.07) is 5.05. The summed E-state index contributed by atoms with van der Waals surface area (Å²) in [4.78, 5) is 24.3. The van der Waals surface area contributed by atoms with Crippen molar-refractivity contribution < 1.29 is 32.2 Å².